The maximum absolute atomic E-state index is 8.54. The van der Waals surface area contributed by atoms with Crippen molar-refractivity contribution in [2.24, 2.45) is 16.3 Å². The zero-order valence-electron chi connectivity index (χ0n) is 11.5. The third-order valence-corrected chi connectivity index (χ3v) is 2.93. The molecule has 0 aliphatic carbocycles. The van der Waals surface area contributed by atoms with E-state index in [0.29, 0.717) is 6.42 Å². The van der Waals surface area contributed by atoms with Crippen LogP contribution in [0.25, 0.3) is 0 Å². The molecule has 102 valence electrons. The fraction of sp³-hybridized carbons (Fsp3) is 0.917. The Balaban J connectivity index is 4.04. The van der Waals surface area contributed by atoms with Gasteiger partial charge in [-0.05, 0) is 18.3 Å². The summed E-state index contributed by atoms with van der Waals surface area (Å²) in [5.41, 5.74) is 5.70. The number of methoxy groups -OCH3 is 1. The van der Waals surface area contributed by atoms with Gasteiger partial charge in [-0.25, -0.2) is 0 Å². The summed E-state index contributed by atoms with van der Waals surface area (Å²) in [5.74, 6) is 0.277. The van der Waals surface area contributed by atoms with Crippen molar-refractivity contribution in [1.29, 1.82) is 0 Å². The molecule has 0 rings (SSSR count). The average Bonchev–Trinajstić information content (AvgIpc) is 2.31. The largest absolute Gasteiger partial charge is 0.409 e. The van der Waals surface area contributed by atoms with Gasteiger partial charge in [0.25, 0.3) is 0 Å². The van der Waals surface area contributed by atoms with E-state index in [9.17, 15) is 0 Å². The molecule has 1 atom stereocenters. The van der Waals surface area contributed by atoms with Crippen molar-refractivity contribution in [1.82, 2.24) is 5.32 Å². The summed E-state index contributed by atoms with van der Waals surface area (Å²) >= 11 is 0. The highest BCUT2D eigenvalue weighted by Gasteiger charge is 2.19. The molecule has 5 nitrogen and oxygen atoms in total. The Hall–Kier alpha value is -0.810. The van der Waals surface area contributed by atoms with E-state index in [1.807, 2.05) is 0 Å². The number of hydrogen-bond acceptors (Lipinski definition) is 4. The Bertz CT molecular complexity index is 230. The summed E-state index contributed by atoms with van der Waals surface area (Å²) < 4.78 is 5.09. The van der Waals surface area contributed by atoms with Crippen LogP contribution in [0.1, 0.15) is 40.0 Å². The molecule has 0 aliphatic heterocycles. The first kappa shape index (κ1) is 16.2. The Morgan fingerprint density at radius 1 is 1.53 bits per heavy atom. The number of ether oxygens (including phenoxy) is 1. The van der Waals surface area contributed by atoms with Gasteiger partial charge in [-0.15, -0.1) is 0 Å². The first-order valence-electron chi connectivity index (χ1n) is 6.14. The standard InChI is InChI=1S/C12H27N3O2/c1-5-10(8-11(13)15-16)14-9-12(2,3)6-7-17-4/h10,14,16H,5-9H2,1-4H3,(H2,13,15). The van der Waals surface area contributed by atoms with Crippen LogP contribution in [0.5, 0.6) is 0 Å². The van der Waals surface area contributed by atoms with Crippen molar-refractivity contribution < 1.29 is 9.94 Å². The van der Waals surface area contributed by atoms with Crippen molar-refractivity contribution in [3.05, 3.63) is 0 Å². The minimum Gasteiger partial charge on any atom is -0.409 e. The van der Waals surface area contributed by atoms with E-state index in [4.69, 9.17) is 15.7 Å². The lowest BCUT2D eigenvalue weighted by molar-refractivity contribution is 0.149. The van der Waals surface area contributed by atoms with Crippen LogP contribution in [-0.4, -0.2) is 37.3 Å². The zero-order chi connectivity index (χ0) is 13.3. The van der Waals surface area contributed by atoms with Gasteiger partial charge in [-0.3, -0.25) is 0 Å². The van der Waals surface area contributed by atoms with Crippen molar-refractivity contribution in [2.45, 2.75) is 46.1 Å². The molecule has 0 aromatic carbocycles. The fourth-order valence-electron chi connectivity index (χ4n) is 1.54. The van der Waals surface area contributed by atoms with Crippen LogP contribution in [0.15, 0.2) is 5.16 Å². The third-order valence-electron chi connectivity index (χ3n) is 2.93. The lowest BCUT2D eigenvalue weighted by Crippen LogP contribution is -2.39. The second kappa shape index (κ2) is 8.31. The highest BCUT2D eigenvalue weighted by molar-refractivity contribution is 5.80. The lowest BCUT2D eigenvalue weighted by Gasteiger charge is -2.27. The molecular formula is C12H27N3O2. The molecule has 0 fully saturated rings. The number of nitrogens with one attached hydrogen (secondary N) is 1. The molecule has 0 saturated heterocycles. The minimum absolute atomic E-state index is 0.189. The molecule has 0 amide bonds. The van der Waals surface area contributed by atoms with Crippen molar-refractivity contribution in [3.63, 3.8) is 0 Å². The normalized spacial score (nSPS) is 14.9. The first-order valence-corrected chi connectivity index (χ1v) is 6.14. The van der Waals surface area contributed by atoms with Gasteiger partial charge in [0.15, 0.2) is 0 Å². The van der Waals surface area contributed by atoms with Gasteiger partial charge in [-0.1, -0.05) is 25.9 Å². The van der Waals surface area contributed by atoms with Gasteiger partial charge in [0.2, 0.25) is 0 Å². The summed E-state index contributed by atoms with van der Waals surface area (Å²) in [7, 11) is 1.72. The number of nitrogens with two attached hydrogens (primary N) is 1. The van der Waals surface area contributed by atoms with Gasteiger partial charge in [0.1, 0.15) is 5.84 Å². The van der Waals surface area contributed by atoms with Crippen LogP contribution in [0.3, 0.4) is 0 Å². The molecule has 0 saturated carbocycles. The van der Waals surface area contributed by atoms with Crippen molar-refractivity contribution in [2.75, 3.05) is 20.3 Å². The van der Waals surface area contributed by atoms with E-state index in [2.05, 4.69) is 31.2 Å². The van der Waals surface area contributed by atoms with Crippen molar-refractivity contribution in [3.8, 4) is 0 Å². The second-order valence-electron chi connectivity index (χ2n) is 5.19. The molecule has 17 heavy (non-hydrogen) atoms. The molecule has 0 heterocycles. The highest BCUT2D eigenvalue weighted by Crippen LogP contribution is 2.19. The lowest BCUT2D eigenvalue weighted by atomic mass is 9.89. The van der Waals surface area contributed by atoms with Crippen LogP contribution in [-0.2, 0) is 4.74 Å². The van der Waals surface area contributed by atoms with Gasteiger partial charge >= 0.3 is 0 Å². The van der Waals surface area contributed by atoms with Crippen LogP contribution in [0, 0.1) is 5.41 Å². The molecule has 0 aromatic rings. The van der Waals surface area contributed by atoms with Crippen LogP contribution >= 0.6 is 0 Å². The van der Waals surface area contributed by atoms with Gasteiger partial charge in [0.05, 0.1) is 0 Å². The van der Waals surface area contributed by atoms with Crippen molar-refractivity contribution >= 4 is 5.84 Å². The van der Waals surface area contributed by atoms with Crippen LogP contribution in [0.4, 0.5) is 0 Å². The highest BCUT2D eigenvalue weighted by atomic mass is 16.5. The Morgan fingerprint density at radius 3 is 2.65 bits per heavy atom. The second-order valence-corrected chi connectivity index (χ2v) is 5.19. The Kier molecular flexibility index (Phi) is 7.91. The predicted molar refractivity (Wildman–Crippen MR) is 70.4 cm³/mol. The van der Waals surface area contributed by atoms with E-state index < -0.39 is 0 Å². The molecule has 0 aliphatic rings. The number of hydrogen-bond donors (Lipinski definition) is 3. The SMILES string of the molecule is CCC(CC(N)=NO)NCC(C)(C)CCOC. The molecule has 0 aromatic heterocycles. The molecule has 4 N–H and O–H groups in total. The number of rotatable bonds is 9. The molecular weight excluding hydrogens is 218 g/mol. The topological polar surface area (TPSA) is 79.9 Å². The summed E-state index contributed by atoms with van der Waals surface area (Å²) in [6.07, 6.45) is 2.54. The number of nitrogens with zero attached hydrogens (tertiary/aromatic N) is 1. The van der Waals surface area contributed by atoms with Gasteiger partial charge in [0, 0.05) is 32.7 Å². The molecule has 5 heteroatoms. The summed E-state index contributed by atoms with van der Waals surface area (Å²) in [5, 5.41) is 15.0. The van der Waals surface area contributed by atoms with Crippen LogP contribution in [0.2, 0.25) is 0 Å². The Morgan fingerprint density at radius 2 is 2.18 bits per heavy atom. The van der Waals surface area contributed by atoms with Crippen LogP contribution < -0.4 is 11.1 Å². The maximum Gasteiger partial charge on any atom is 0.140 e. The minimum atomic E-state index is 0.189. The smallest absolute Gasteiger partial charge is 0.140 e. The summed E-state index contributed by atoms with van der Waals surface area (Å²) in [6, 6.07) is 0.257. The quantitative estimate of drug-likeness (QED) is 0.249. The molecule has 0 radical (unpaired) electrons. The van der Waals surface area contributed by atoms with Gasteiger partial charge in [-0.2, -0.15) is 0 Å². The van der Waals surface area contributed by atoms with E-state index in [1.54, 1.807) is 7.11 Å². The zero-order valence-corrected chi connectivity index (χ0v) is 11.5. The number of oxime groups is 1. The molecule has 0 spiro atoms. The van der Waals surface area contributed by atoms with E-state index >= 15 is 0 Å². The Labute approximate surface area is 104 Å². The summed E-state index contributed by atoms with van der Waals surface area (Å²) in [6.45, 7) is 8.16. The first-order chi connectivity index (χ1) is 7.95. The van der Waals surface area contributed by atoms with Gasteiger partial charge < -0.3 is 21.0 Å². The molecule has 0 bridgehead atoms. The predicted octanol–water partition coefficient (Wildman–Crippen LogP) is 1.55. The number of amidine groups is 1. The summed E-state index contributed by atoms with van der Waals surface area (Å²) in [4.78, 5) is 0. The average molecular weight is 245 g/mol. The van der Waals surface area contributed by atoms with E-state index in [0.717, 1.165) is 26.0 Å². The monoisotopic (exact) mass is 245 g/mol. The van der Waals surface area contributed by atoms with E-state index in [1.165, 1.54) is 0 Å². The third kappa shape index (κ3) is 7.99. The van der Waals surface area contributed by atoms with E-state index in [-0.39, 0.29) is 17.3 Å². The molecule has 1 unspecified atom stereocenters. The maximum atomic E-state index is 8.54. The fourth-order valence-corrected chi connectivity index (χ4v) is 1.54.